The molecule has 3 rings (SSSR count). The van der Waals surface area contributed by atoms with Crippen molar-refractivity contribution in [3.05, 3.63) is 69.4 Å². The van der Waals surface area contributed by atoms with Crippen molar-refractivity contribution in [2.75, 3.05) is 32.1 Å². The summed E-state index contributed by atoms with van der Waals surface area (Å²) >= 11 is 13.3. The van der Waals surface area contributed by atoms with Gasteiger partial charge < -0.3 is 20.3 Å². The van der Waals surface area contributed by atoms with E-state index in [1.807, 2.05) is 12.1 Å². The number of thiazole rings is 1. The molecule has 2 aromatic heterocycles. The fourth-order valence-corrected chi connectivity index (χ4v) is 3.84. The molecule has 0 aliphatic heterocycles. The lowest BCUT2D eigenvalue weighted by Gasteiger charge is -2.21. The average Bonchev–Trinajstić information content (AvgIpc) is 3.29. The Morgan fingerprint density at radius 1 is 1.18 bits per heavy atom. The first-order valence-electron chi connectivity index (χ1n) is 10.1. The molecule has 0 spiro atoms. The lowest BCUT2D eigenvalue weighted by molar-refractivity contribution is -0.121. The molecule has 33 heavy (non-hydrogen) atoms. The number of hydrogen-bond acceptors (Lipinski definition) is 7. The SMILES string of the molecule is COCCN(CCC(=O)NCc1cccnc1)C(=O)c1csc(Nc2ccc(Cl)c(Cl)c2)n1. The molecule has 11 heteroatoms. The van der Waals surface area contributed by atoms with Crippen molar-refractivity contribution < 1.29 is 14.3 Å². The second kappa shape index (κ2) is 12.5. The number of nitrogens with zero attached hydrogens (tertiary/aromatic N) is 3. The van der Waals surface area contributed by atoms with Crippen LogP contribution in [0.3, 0.4) is 0 Å². The zero-order valence-corrected chi connectivity index (χ0v) is 20.2. The van der Waals surface area contributed by atoms with Gasteiger partial charge in [0.1, 0.15) is 5.69 Å². The van der Waals surface area contributed by atoms with Crippen LogP contribution in [0.5, 0.6) is 0 Å². The van der Waals surface area contributed by atoms with Crippen LogP contribution in [-0.2, 0) is 16.1 Å². The van der Waals surface area contributed by atoms with Gasteiger partial charge in [0.25, 0.3) is 5.91 Å². The standard InChI is InChI=1S/C22H23Cl2N5O3S/c1-32-10-9-29(8-6-20(30)26-13-15-3-2-7-25-12-15)21(31)19-14-33-22(28-19)27-16-4-5-17(23)18(24)11-16/h2-5,7,11-12,14H,6,8-10,13H2,1H3,(H,26,30)(H,27,28). The van der Waals surface area contributed by atoms with Crippen LogP contribution < -0.4 is 10.6 Å². The molecule has 2 N–H and O–H groups in total. The van der Waals surface area contributed by atoms with E-state index in [4.69, 9.17) is 27.9 Å². The smallest absolute Gasteiger partial charge is 0.273 e. The van der Waals surface area contributed by atoms with Gasteiger partial charge in [0, 0.05) is 56.6 Å². The summed E-state index contributed by atoms with van der Waals surface area (Å²) in [4.78, 5) is 35.2. The number of methoxy groups -OCH3 is 1. The molecule has 0 radical (unpaired) electrons. The van der Waals surface area contributed by atoms with Gasteiger partial charge in [0.2, 0.25) is 5.91 Å². The maximum Gasteiger partial charge on any atom is 0.273 e. The van der Waals surface area contributed by atoms with Crippen molar-refractivity contribution in [1.82, 2.24) is 20.2 Å². The Labute approximate surface area is 205 Å². The second-order valence-corrected chi connectivity index (χ2v) is 8.64. The van der Waals surface area contributed by atoms with Gasteiger partial charge in [-0.15, -0.1) is 11.3 Å². The van der Waals surface area contributed by atoms with Crippen LogP contribution >= 0.6 is 34.5 Å². The first-order valence-corrected chi connectivity index (χ1v) is 11.7. The first kappa shape index (κ1) is 24.9. The number of halogens is 2. The Kier molecular flexibility index (Phi) is 9.44. The summed E-state index contributed by atoms with van der Waals surface area (Å²) in [7, 11) is 1.56. The van der Waals surface area contributed by atoms with Crippen molar-refractivity contribution in [1.29, 1.82) is 0 Å². The molecular formula is C22H23Cl2N5O3S. The highest BCUT2D eigenvalue weighted by Gasteiger charge is 2.20. The molecule has 0 unspecified atom stereocenters. The number of amides is 2. The van der Waals surface area contributed by atoms with E-state index in [9.17, 15) is 9.59 Å². The number of rotatable bonds is 11. The van der Waals surface area contributed by atoms with E-state index in [2.05, 4.69) is 20.6 Å². The van der Waals surface area contributed by atoms with Crippen molar-refractivity contribution in [3.63, 3.8) is 0 Å². The Morgan fingerprint density at radius 2 is 2.03 bits per heavy atom. The minimum Gasteiger partial charge on any atom is -0.383 e. The number of nitrogens with one attached hydrogen (secondary N) is 2. The molecule has 0 saturated carbocycles. The molecule has 0 atom stereocenters. The van der Waals surface area contributed by atoms with Crippen LogP contribution in [0.2, 0.25) is 10.0 Å². The molecule has 174 valence electrons. The Bertz CT molecular complexity index is 1080. The largest absolute Gasteiger partial charge is 0.383 e. The van der Waals surface area contributed by atoms with E-state index < -0.39 is 0 Å². The van der Waals surface area contributed by atoms with Gasteiger partial charge in [0.15, 0.2) is 5.13 Å². The van der Waals surface area contributed by atoms with Crippen LogP contribution in [0.15, 0.2) is 48.1 Å². The average molecular weight is 508 g/mol. The van der Waals surface area contributed by atoms with E-state index >= 15 is 0 Å². The third kappa shape index (κ3) is 7.68. The van der Waals surface area contributed by atoms with E-state index in [0.29, 0.717) is 40.6 Å². The van der Waals surface area contributed by atoms with Crippen LogP contribution in [0.4, 0.5) is 10.8 Å². The number of pyridine rings is 1. The zero-order valence-electron chi connectivity index (χ0n) is 17.9. The molecule has 0 fully saturated rings. The third-order valence-electron chi connectivity index (χ3n) is 4.57. The molecule has 8 nitrogen and oxygen atoms in total. The van der Waals surface area contributed by atoms with Gasteiger partial charge in [0.05, 0.1) is 16.7 Å². The fraction of sp³-hybridized carbons (Fsp3) is 0.273. The van der Waals surface area contributed by atoms with Gasteiger partial charge >= 0.3 is 0 Å². The molecule has 2 amide bonds. The number of anilines is 2. The monoisotopic (exact) mass is 507 g/mol. The summed E-state index contributed by atoms with van der Waals surface area (Å²) in [5.41, 5.74) is 1.90. The molecule has 0 bridgehead atoms. The highest BCUT2D eigenvalue weighted by atomic mass is 35.5. The third-order valence-corrected chi connectivity index (χ3v) is 6.06. The number of carbonyl (C=O) groups excluding carboxylic acids is 2. The molecular weight excluding hydrogens is 485 g/mol. The van der Waals surface area contributed by atoms with Gasteiger partial charge in [-0.25, -0.2) is 4.98 Å². The number of ether oxygens (including phenoxy) is 1. The molecule has 3 aromatic rings. The molecule has 0 saturated heterocycles. The summed E-state index contributed by atoms with van der Waals surface area (Å²) in [6.45, 7) is 1.32. The highest BCUT2D eigenvalue weighted by Crippen LogP contribution is 2.28. The summed E-state index contributed by atoms with van der Waals surface area (Å²) in [6.07, 6.45) is 3.53. The van der Waals surface area contributed by atoms with Gasteiger partial charge in [-0.2, -0.15) is 0 Å². The summed E-state index contributed by atoms with van der Waals surface area (Å²) in [5, 5.41) is 9.03. The maximum atomic E-state index is 13.0. The number of benzene rings is 1. The van der Waals surface area contributed by atoms with Crippen molar-refractivity contribution in [2.45, 2.75) is 13.0 Å². The Morgan fingerprint density at radius 3 is 2.76 bits per heavy atom. The van der Waals surface area contributed by atoms with E-state index in [-0.39, 0.29) is 30.5 Å². The molecule has 0 aliphatic carbocycles. The lowest BCUT2D eigenvalue weighted by atomic mass is 10.2. The summed E-state index contributed by atoms with van der Waals surface area (Å²) in [5.74, 6) is -0.431. The summed E-state index contributed by atoms with van der Waals surface area (Å²) in [6, 6.07) is 8.82. The van der Waals surface area contributed by atoms with Crippen LogP contribution in [-0.4, -0.2) is 53.5 Å². The first-order chi connectivity index (χ1) is 16.0. The normalized spacial score (nSPS) is 10.6. The molecule has 0 aliphatic rings. The highest BCUT2D eigenvalue weighted by molar-refractivity contribution is 7.14. The van der Waals surface area contributed by atoms with Crippen LogP contribution in [0.25, 0.3) is 0 Å². The zero-order chi connectivity index (χ0) is 23.6. The predicted octanol–water partition coefficient (Wildman–Crippen LogP) is 4.38. The Balaban J connectivity index is 1.57. The van der Waals surface area contributed by atoms with Crippen molar-refractivity contribution >= 4 is 57.2 Å². The fourth-order valence-electron chi connectivity index (χ4n) is 2.83. The lowest BCUT2D eigenvalue weighted by Crippen LogP contribution is -2.37. The second-order valence-electron chi connectivity index (χ2n) is 6.96. The predicted molar refractivity (Wildman–Crippen MR) is 130 cm³/mol. The quantitative estimate of drug-likeness (QED) is 0.399. The number of hydrogen-bond donors (Lipinski definition) is 2. The van der Waals surface area contributed by atoms with Crippen LogP contribution in [0.1, 0.15) is 22.5 Å². The summed E-state index contributed by atoms with van der Waals surface area (Å²) < 4.78 is 5.12. The van der Waals surface area contributed by atoms with Crippen LogP contribution in [0, 0.1) is 0 Å². The molecule has 1 aromatic carbocycles. The van der Waals surface area contributed by atoms with E-state index in [1.54, 1.807) is 48.0 Å². The Hall–Kier alpha value is -2.72. The molecule has 2 heterocycles. The van der Waals surface area contributed by atoms with Gasteiger partial charge in [-0.3, -0.25) is 14.6 Å². The topological polar surface area (TPSA) is 96.5 Å². The van der Waals surface area contributed by atoms with Crippen molar-refractivity contribution in [3.8, 4) is 0 Å². The maximum absolute atomic E-state index is 13.0. The number of carbonyl (C=O) groups is 2. The van der Waals surface area contributed by atoms with Gasteiger partial charge in [-0.1, -0.05) is 29.3 Å². The van der Waals surface area contributed by atoms with Crippen molar-refractivity contribution in [2.24, 2.45) is 0 Å². The van der Waals surface area contributed by atoms with Gasteiger partial charge in [-0.05, 0) is 29.8 Å². The number of aromatic nitrogens is 2. The van der Waals surface area contributed by atoms with E-state index in [1.165, 1.54) is 11.3 Å². The van der Waals surface area contributed by atoms with E-state index in [0.717, 1.165) is 5.56 Å². The minimum absolute atomic E-state index is 0.158. The minimum atomic E-state index is -0.273.